The van der Waals surface area contributed by atoms with Crippen molar-refractivity contribution in [2.75, 3.05) is 4.90 Å². The molecular weight excluding hydrogens is 402 g/mol. The van der Waals surface area contributed by atoms with Crippen molar-refractivity contribution in [1.82, 2.24) is 9.97 Å². The average Bonchev–Trinajstić information content (AvgIpc) is 3.12. The van der Waals surface area contributed by atoms with Gasteiger partial charge in [-0.3, -0.25) is 14.7 Å². The highest BCUT2D eigenvalue weighted by molar-refractivity contribution is 7.22. The monoisotopic (exact) mass is 429 g/mol. The Balaban J connectivity index is 1.73. The number of rotatable bonds is 5. The SMILES string of the molecule is Cc1cc(C)c(CC(=O)N(Cc2ccccn2)c2nc3cc(C)c(C)cc3s2)c(C)c1. The molecule has 0 saturated heterocycles. The number of amides is 1. The van der Waals surface area contributed by atoms with E-state index in [9.17, 15) is 4.79 Å². The highest BCUT2D eigenvalue weighted by Crippen LogP contribution is 2.32. The fraction of sp³-hybridized carbons (Fsp3) is 0.269. The van der Waals surface area contributed by atoms with E-state index in [-0.39, 0.29) is 5.91 Å². The first kappa shape index (κ1) is 21.2. The lowest BCUT2D eigenvalue weighted by molar-refractivity contribution is -0.118. The van der Waals surface area contributed by atoms with Gasteiger partial charge in [-0.25, -0.2) is 4.98 Å². The van der Waals surface area contributed by atoms with Gasteiger partial charge < -0.3 is 0 Å². The van der Waals surface area contributed by atoms with Gasteiger partial charge in [0.05, 0.1) is 28.9 Å². The third kappa shape index (κ3) is 4.52. The molecule has 0 saturated carbocycles. The Kier molecular flexibility index (Phi) is 5.88. The fourth-order valence-electron chi connectivity index (χ4n) is 3.93. The minimum Gasteiger partial charge on any atom is -0.282 e. The molecule has 2 heterocycles. The molecule has 0 aliphatic carbocycles. The van der Waals surface area contributed by atoms with Gasteiger partial charge in [0, 0.05) is 6.20 Å². The van der Waals surface area contributed by atoms with Crippen LogP contribution in [0.2, 0.25) is 0 Å². The average molecular weight is 430 g/mol. The zero-order valence-electron chi connectivity index (χ0n) is 18.7. The number of nitrogens with zero attached hydrogens (tertiary/aromatic N) is 3. The number of aryl methyl sites for hydroxylation is 5. The molecule has 0 radical (unpaired) electrons. The van der Waals surface area contributed by atoms with Crippen molar-refractivity contribution in [1.29, 1.82) is 0 Å². The first-order valence-electron chi connectivity index (χ1n) is 10.5. The van der Waals surface area contributed by atoms with Crippen molar-refractivity contribution in [2.24, 2.45) is 0 Å². The number of carbonyl (C=O) groups excluding carboxylic acids is 1. The maximum atomic E-state index is 13.6. The number of carbonyl (C=O) groups is 1. The summed E-state index contributed by atoms with van der Waals surface area (Å²) >= 11 is 1.56. The van der Waals surface area contributed by atoms with E-state index in [1.807, 2.05) is 18.2 Å². The van der Waals surface area contributed by atoms with Crippen molar-refractivity contribution in [3.8, 4) is 0 Å². The van der Waals surface area contributed by atoms with Crippen LogP contribution < -0.4 is 4.90 Å². The summed E-state index contributed by atoms with van der Waals surface area (Å²) in [6.07, 6.45) is 2.11. The Labute approximate surface area is 187 Å². The molecule has 1 amide bonds. The molecule has 0 atom stereocenters. The van der Waals surface area contributed by atoms with Gasteiger partial charge in [0.1, 0.15) is 0 Å². The summed E-state index contributed by atoms with van der Waals surface area (Å²) < 4.78 is 1.10. The molecule has 5 heteroatoms. The summed E-state index contributed by atoms with van der Waals surface area (Å²) in [6, 6.07) is 14.3. The predicted molar refractivity (Wildman–Crippen MR) is 129 cm³/mol. The Morgan fingerprint density at radius 2 is 1.65 bits per heavy atom. The van der Waals surface area contributed by atoms with E-state index in [1.165, 1.54) is 16.7 Å². The van der Waals surface area contributed by atoms with Gasteiger partial charge in [0.15, 0.2) is 5.13 Å². The van der Waals surface area contributed by atoms with E-state index in [2.05, 4.69) is 63.9 Å². The molecular formula is C26H27N3OS. The molecule has 0 fully saturated rings. The van der Waals surface area contributed by atoms with Gasteiger partial charge in [-0.2, -0.15) is 0 Å². The first-order valence-corrected chi connectivity index (χ1v) is 11.3. The quantitative estimate of drug-likeness (QED) is 0.390. The highest BCUT2D eigenvalue weighted by Gasteiger charge is 2.22. The van der Waals surface area contributed by atoms with Crippen LogP contribution in [0.15, 0.2) is 48.7 Å². The predicted octanol–water partition coefficient (Wildman–Crippen LogP) is 6.01. The van der Waals surface area contributed by atoms with Crippen LogP contribution in [0.4, 0.5) is 5.13 Å². The van der Waals surface area contributed by atoms with Crippen molar-refractivity contribution in [3.63, 3.8) is 0 Å². The lowest BCUT2D eigenvalue weighted by Crippen LogP contribution is -2.32. The van der Waals surface area contributed by atoms with Crippen molar-refractivity contribution < 1.29 is 4.79 Å². The van der Waals surface area contributed by atoms with Crippen molar-refractivity contribution in [3.05, 3.63) is 87.7 Å². The maximum absolute atomic E-state index is 13.6. The summed E-state index contributed by atoms with van der Waals surface area (Å²) in [4.78, 5) is 24.6. The van der Waals surface area contributed by atoms with E-state index in [1.54, 1.807) is 22.4 Å². The normalized spacial score (nSPS) is 11.1. The highest BCUT2D eigenvalue weighted by atomic mass is 32.1. The summed E-state index contributed by atoms with van der Waals surface area (Å²) in [5, 5.41) is 0.720. The lowest BCUT2D eigenvalue weighted by Gasteiger charge is -2.21. The Morgan fingerprint density at radius 3 is 2.32 bits per heavy atom. The molecule has 0 spiro atoms. The van der Waals surface area contributed by atoms with Gasteiger partial charge in [0.25, 0.3) is 0 Å². The van der Waals surface area contributed by atoms with Gasteiger partial charge in [-0.05, 0) is 86.7 Å². The standard InChI is InChI=1S/C26H27N3OS/c1-16-10-19(4)22(20(5)11-16)14-25(30)29(15-21-8-6-7-9-27-21)26-28-23-12-17(2)18(3)13-24(23)31-26/h6-13H,14-15H2,1-5H3. The second-order valence-electron chi connectivity index (χ2n) is 8.26. The van der Waals surface area contributed by atoms with Crippen LogP contribution in [0.5, 0.6) is 0 Å². The molecule has 0 aliphatic heterocycles. The number of thiazole rings is 1. The van der Waals surface area contributed by atoms with Gasteiger partial charge >= 0.3 is 0 Å². The summed E-state index contributed by atoms with van der Waals surface area (Å²) in [7, 11) is 0. The van der Waals surface area contributed by atoms with Crippen molar-refractivity contribution in [2.45, 2.75) is 47.6 Å². The number of benzene rings is 2. The van der Waals surface area contributed by atoms with E-state index < -0.39 is 0 Å². The van der Waals surface area contributed by atoms with Crippen molar-refractivity contribution >= 4 is 32.6 Å². The molecule has 158 valence electrons. The number of hydrogen-bond acceptors (Lipinski definition) is 4. The molecule has 0 N–H and O–H groups in total. The van der Waals surface area contributed by atoms with E-state index >= 15 is 0 Å². The summed E-state index contributed by atoms with van der Waals surface area (Å²) in [6.45, 7) is 10.8. The number of fused-ring (bicyclic) bond motifs is 1. The van der Waals surface area contributed by atoms with E-state index in [0.29, 0.717) is 13.0 Å². The molecule has 2 aromatic carbocycles. The van der Waals surface area contributed by atoms with E-state index in [4.69, 9.17) is 4.98 Å². The Hall–Kier alpha value is -3.05. The van der Waals surface area contributed by atoms with Crippen LogP contribution in [0.25, 0.3) is 10.2 Å². The van der Waals surface area contributed by atoms with Crippen LogP contribution >= 0.6 is 11.3 Å². The maximum Gasteiger partial charge on any atom is 0.233 e. The fourth-order valence-corrected chi connectivity index (χ4v) is 5.00. The van der Waals surface area contributed by atoms with Gasteiger partial charge in [0.2, 0.25) is 5.91 Å². The molecule has 4 aromatic rings. The summed E-state index contributed by atoms with van der Waals surface area (Å²) in [5.41, 5.74) is 8.83. The van der Waals surface area contributed by atoms with Crippen LogP contribution in [-0.2, 0) is 17.8 Å². The molecule has 0 bridgehead atoms. The molecule has 4 nitrogen and oxygen atoms in total. The number of aromatic nitrogens is 2. The Bertz CT molecular complexity index is 1200. The van der Waals surface area contributed by atoms with Crippen LogP contribution in [0.1, 0.15) is 39.1 Å². The number of hydrogen-bond donors (Lipinski definition) is 0. The lowest BCUT2D eigenvalue weighted by atomic mass is 9.97. The largest absolute Gasteiger partial charge is 0.282 e. The first-order chi connectivity index (χ1) is 14.8. The molecule has 31 heavy (non-hydrogen) atoms. The third-order valence-corrected chi connectivity index (χ3v) is 6.78. The molecule has 2 aromatic heterocycles. The molecule has 4 rings (SSSR count). The minimum absolute atomic E-state index is 0.0354. The zero-order chi connectivity index (χ0) is 22.1. The van der Waals surface area contributed by atoms with Crippen LogP contribution in [0, 0.1) is 34.6 Å². The minimum atomic E-state index is 0.0354. The topological polar surface area (TPSA) is 46.1 Å². The smallest absolute Gasteiger partial charge is 0.233 e. The van der Waals surface area contributed by atoms with E-state index in [0.717, 1.165) is 37.7 Å². The molecule has 0 unspecified atom stereocenters. The summed E-state index contributed by atoms with van der Waals surface area (Å²) in [5.74, 6) is 0.0354. The second kappa shape index (κ2) is 8.60. The van der Waals surface area contributed by atoms with Crippen LogP contribution in [-0.4, -0.2) is 15.9 Å². The van der Waals surface area contributed by atoms with Crippen LogP contribution in [0.3, 0.4) is 0 Å². The van der Waals surface area contributed by atoms with Gasteiger partial charge in [-0.15, -0.1) is 0 Å². The zero-order valence-corrected chi connectivity index (χ0v) is 19.5. The molecule has 0 aliphatic rings. The number of anilines is 1. The van der Waals surface area contributed by atoms with Gasteiger partial charge in [-0.1, -0.05) is 35.1 Å². The Morgan fingerprint density at radius 1 is 0.935 bits per heavy atom. The second-order valence-corrected chi connectivity index (χ2v) is 9.26. The number of pyridine rings is 1. The third-order valence-electron chi connectivity index (χ3n) is 5.74.